The number of fused-ring (bicyclic) bond motifs is 1. The monoisotopic (exact) mass is 398 g/mol. The lowest BCUT2D eigenvalue weighted by molar-refractivity contribution is -0.118. The molecule has 0 saturated carbocycles. The van der Waals surface area contributed by atoms with Gasteiger partial charge in [-0.1, -0.05) is 6.07 Å². The molecule has 0 spiro atoms. The van der Waals surface area contributed by atoms with Gasteiger partial charge in [0.25, 0.3) is 11.7 Å². The van der Waals surface area contributed by atoms with Crippen LogP contribution in [0.1, 0.15) is 21.5 Å². The van der Waals surface area contributed by atoms with Gasteiger partial charge in [0.05, 0.1) is 32.6 Å². The van der Waals surface area contributed by atoms with E-state index in [2.05, 4.69) is 5.32 Å². The van der Waals surface area contributed by atoms with Crippen LogP contribution in [0.15, 0.2) is 24.3 Å². The van der Waals surface area contributed by atoms with Crippen molar-refractivity contribution in [2.75, 3.05) is 38.1 Å². The van der Waals surface area contributed by atoms with Crippen molar-refractivity contribution in [1.29, 1.82) is 0 Å². The maximum atomic E-state index is 12.6. The minimum atomic E-state index is -0.816. The van der Waals surface area contributed by atoms with Gasteiger partial charge in [-0.2, -0.15) is 0 Å². The number of anilines is 2. The second-order valence-electron chi connectivity index (χ2n) is 6.68. The number of ether oxygens (including phenoxy) is 3. The molecule has 0 bridgehead atoms. The summed E-state index contributed by atoms with van der Waals surface area (Å²) in [5.41, 5.74) is 2.91. The number of hydrogen-bond acceptors (Lipinski definition) is 6. The largest absolute Gasteiger partial charge is 0.493 e. The van der Waals surface area contributed by atoms with E-state index >= 15 is 0 Å². The number of aryl methyl sites for hydroxylation is 2. The van der Waals surface area contributed by atoms with Crippen molar-refractivity contribution in [3.8, 4) is 17.2 Å². The van der Waals surface area contributed by atoms with E-state index in [4.69, 9.17) is 14.2 Å². The molecule has 152 valence electrons. The smallest absolute Gasteiger partial charge is 0.300 e. The summed E-state index contributed by atoms with van der Waals surface area (Å²) in [6.45, 7) is 3.52. The highest BCUT2D eigenvalue weighted by Crippen LogP contribution is 2.47. The third-order valence-electron chi connectivity index (χ3n) is 4.57. The van der Waals surface area contributed by atoms with Gasteiger partial charge < -0.3 is 19.5 Å². The molecule has 0 fully saturated rings. The fraction of sp³-hybridized carbons (Fsp3) is 0.286. The topological polar surface area (TPSA) is 94.2 Å². The summed E-state index contributed by atoms with van der Waals surface area (Å²) >= 11 is 0. The third kappa shape index (κ3) is 3.61. The van der Waals surface area contributed by atoms with E-state index in [0.717, 1.165) is 16.0 Å². The van der Waals surface area contributed by atoms with E-state index in [9.17, 15) is 14.4 Å². The summed E-state index contributed by atoms with van der Waals surface area (Å²) in [6.07, 6.45) is 0. The Morgan fingerprint density at radius 1 is 0.931 bits per heavy atom. The molecular formula is C21H22N2O6. The fourth-order valence-corrected chi connectivity index (χ4v) is 3.46. The van der Waals surface area contributed by atoms with Crippen LogP contribution >= 0.6 is 0 Å². The van der Waals surface area contributed by atoms with E-state index in [0.29, 0.717) is 5.69 Å². The molecule has 0 saturated heterocycles. The normalized spacial score (nSPS) is 12.7. The number of ketones is 1. The first-order chi connectivity index (χ1) is 13.8. The van der Waals surface area contributed by atoms with E-state index in [1.54, 1.807) is 0 Å². The number of methoxy groups -OCH3 is 3. The van der Waals surface area contributed by atoms with Gasteiger partial charge in [0.1, 0.15) is 6.54 Å². The van der Waals surface area contributed by atoms with E-state index in [1.807, 2.05) is 32.0 Å². The average Bonchev–Trinajstić information content (AvgIpc) is 2.90. The first kappa shape index (κ1) is 20.2. The predicted octanol–water partition coefficient (Wildman–Crippen LogP) is 2.50. The van der Waals surface area contributed by atoms with E-state index in [-0.39, 0.29) is 35.0 Å². The molecule has 2 aromatic carbocycles. The molecule has 1 aliphatic heterocycles. The number of carbonyl (C=O) groups excluding carboxylic acids is 3. The van der Waals surface area contributed by atoms with Gasteiger partial charge in [0, 0.05) is 11.8 Å². The first-order valence-corrected chi connectivity index (χ1v) is 8.88. The molecule has 2 aromatic rings. The summed E-state index contributed by atoms with van der Waals surface area (Å²) in [4.78, 5) is 38.9. The molecule has 3 rings (SSSR count). The van der Waals surface area contributed by atoms with Gasteiger partial charge in [-0.25, -0.2) is 0 Å². The average molecular weight is 398 g/mol. The molecule has 8 nitrogen and oxygen atoms in total. The molecular weight excluding hydrogens is 376 g/mol. The standard InChI is InChI=1S/C21H22N2O6/c1-11-6-12(2)8-13(7-11)22-16(24)10-23-14-9-15(27-3)19(28-4)20(29-5)17(14)18(25)21(23)26/h6-9H,10H2,1-5H3,(H,22,24). The number of Topliss-reactive ketones (excluding diaryl/α,β-unsaturated/α-hetero) is 1. The molecule has 0 atom stereocenters. The van der Waals surface area contributed by atoms with Gasteiger partial charge in [0.2, 0.25) is 11.7 Å². The maximum absolute atomic E-state index is 12.6. The van der Waals surface area contributed by atoms with Crippen LogP contribution in [0.2, 0.25) is 0 Å². The molecule has 2 amide bonds. The highest BCUT2D eigenvalue weighted by molar-refractivity contribution is 6.53. The molecule has 0 unspecified atom stereocenters. The Kier molecular flexibility index (Phi) is 5.45. The number of carbonyl (C=O) groups is 3. The zero-order chi connectivity index (χ0) is 21.3. The molecule has 0 aromatic heterocycles. The van der Waals surface area contributed by atoms with Crippen LogP contribution in [0, 0.1) is 13.8 Å². The van der Waals surface area contributed by atoms with Crippen LogP contribution in [0.4, 0.5) is 11.4 Å². The lowest BCUT2D eigenvalue weighted by atomic mass is 10.1. The summed E-state index contributed by atoms with van der Waals surface area (Å²) in [6, 6.07) is 7.13. The number of nitrogens with one attached hydrogen (secondary N) is 1. The maximum Gasteiger partial charge on any atom is 0.300 e. The first-order valence-electron chi connectivity index (χ1n) is 8.88. The summed E-state index contributed by atoms with van der Waals surface area (Å²) in [5.74, 6) is -1.43. The van der Waals surface area contributed by atoms with Crippen molar-refractivity contribution in [2.45, 2.75) is 13.8 Å². The minimum absolute atomic E-state index is 0.0503. The SMILES string of the molecule is COc1cc2c(c(OC)c1OC)C(=O)C(=O)N2CC(=O)Nc1cc(C)cc(C)c1. The van der Waals surface area contributed by atoms with E-state index in [1.165, 1.54) is 27.4 Å². The predicted molar refractivity (Wildman–Crippen MR) is 107 cm³/mol. The van der Waals surface area contributed by atoms with Gasteiger partial charge in [-0.15, -0.1) is 0 Å². The molecule has 1 heterocycles. The highest BCUT2D eigenvalue weighted by Gasteiger charge is 2.42. The second kappa shape index (κ2) is 7.83. The van der Waals surface area contributed by atoms with Crippen LogP contribution in [0.3, 0.4) is 0 Å². The van der Waals surface area contributed by atoms with Gasteiger partial charge >= 0.3 is 0 Å². The summed E-state index contributed by atoms with van der Waals surface area (Å²) in [5, 5.41) is 2.77. The lowest BCUT2D eigenvalue weighted by Gasteiger charge is -2.19. The number of rotatable bonds is 6. The van der Waals surface area contributed by atoms with Crippen LogP contribution in [0.25, 0.3) is 0 Å². The van der Waals surface area contributed by atoms with Gasteiger partial charge in [0.15, 0.2) is 11.5 Å². The molecule has 1 aliphatic rings. The van der Waals surface area contributed by atoms with Crippen molar-refractivity contribution < 1.29 is 28.6 Å². The van der Waals surface area contributed by atoms with E-state index < -0.39 is 17.6 Å². The molecule has 1 N–H and O–H groups in total. The summed E-state index contributed by atoms with van der Waals surface area (Å²) < 4.78 is 15.9. The van der Waals surface area contributed by atoms with Crippen molar-refractivity contribution in [1.82, 2.24) is 0 Å². The molecule has 8 heteroatoms. The number of benzene rings is 2. The Morgan fingerprint density at radius 3 is 2.10 bits per heavy atom. The Balaban J connectivity index is 1.95. The van der Waals surface area contributed by atoms with Crippen molar-refractivity contribution in [2.24, 2.45) is 0 Å². The van der Waals surface area contributed by atoms with Crippen molar-refractivity contribution >= 4 is 29.0 Å². The number of nitrogens with zero attached hydrogens (tertiary/aromatic N) is 1. The quantitative estimate of drug-likeness (QED) is 0.752. The Bertz CT molecular complexity index is 994. The summed E-state index contributed by atoms with van der Waals surface area (Å²) in [7, 11) is 4.20. The molecule has 0 aliphatic carbocycles. The van der Waals surface area contributed by atoms with Crippen LogP contribution in [-0.4, -0.2) is 45.5 Å². The fourth-order valence-electron chi connectivity index (χ4n) is 3.46. The van der Waals surface area contributed by atoms with Gasteiger partial charge in [-0.05, 0) is 37.1 Å². The Morgan fingerprint density at radius 2 is 1.55 bits per heavy atom. The molecule has 0 radical (unpaired) electrons. The zero-order valence-electron chi connectivity index (χ0n) is 16.9. The van der Waals surface area contributed by atoms with Crippen LogP contribution in [-0.2, 0) is 9.59 Å². The number of hydrogen-bond donors (Lipinski definition) is 1. The van der Waals surface area contributed by atoms with Gasteiger partial charge in [-0.3, -0.25) is 19.3 Å². The zero-order valence-corrected chi connectivity index (χ0v) is 16.9. The van der Waals surface area contributed by atoms with Crippen molar-refractivity contribution in [3.05, 3.63) is 41.0 Å². The minimum Gasteiger partial charge on any atom is -0.493 e. The third-order valence-corrected chi connectivity index (χ3v) is 4.57. The van der Waals surface area contributed by atoms with Crippen molar-refractivity contribution in [3.63, 3.8) is 0 Å². The highest BCUT2D eigenvalue weighted by atomic mass is 16.5. The Hall–Kier alpha value is -3.55. The lowest BCUT2D eigenvalue weighted by Crippen LogP contribution is -2.37. The number of amides is 2. The van der Waals surface area contributed by atoms with Crippen LogP contribution < -0.4 is 24.4 Å². The second-order valence-corrected chi connectivity index (χ2v) is 6.68. The Labute approximate surface area is 168 Å². The molecule has 29 heavy (non-hydrogen) atoms. The van der Waals surface area contributed by atoms with Crippen LogP contribution in [0.5, 0.6) is 17.2 Å².